The molecule has 0 saturated carbocycles. The topological polar surface area (TPSA) is 32.3 Å². The molecule has 0 bridgehead atoms. The molecule has 0 spiro atoms. The molecule has 1 atom stereocenters. The molecule has 1 saturated heterocycles. The van der Waals surface area contributed by atoms with Gasteiger partial charge < -0.3 is 10.2 Å². The van der Waals surface area contributed by atoms with Gasteiger partial charge in [0.2, 0.25) is 5.91 Å². The number of hydrogen-bond acceptors (Lipinski definition) is 2. The van der Waals surface area contributed by atoms with E-state index in [0.717, 1.165) is 24.2 Å². The summed E-state index contributed by atoms with van der Waals surface area (Å²) in [6.45, 7) is 8.08. The lowest BCUT2D eigenvalue weighted by Gasteiger charge is -2.31. The average molecular weight is 276 g/mol. The summed E-state index contributed by atoms with van der Waals surface area (Å²) in [5, 5.41) is 3.15. The van der Waals surface area contributed by atoms with Crippen LogP contribution in [0.1, 0.15) is 32.4 Å². The maximum Gasteiger partial charge on any atom is 0.250 e. The van der Waals surface area contributed by atoms with Crippen molar-refractivity contribution in [2.24, 2.45) is 0 Å². The molecule has 20 heavy (non-hydrogen) atoms. The van der Waals surface area contributed by atoms with Crippen molar-refractivity contribution in [3.8, 4) is 0 Å². The number of carbonyl (C=O) groups excluding carboxylic acids is 1. The highest BCUT2D eigenvalue weighted by Crippen LogP contribution is 2.23. The lowest BCUT2D eigenvalue weighted by Crippen LogP contribution is -2.40. The first-order chi connectivity index (χ1) is 9.54. The van der Waals surface area contributed by atoms with E-state index in [2.05, 4.69) is 5.32 Å². The summed E-state index contributed by atoms with van der Waals surface area (Å²) in [4.78, 5) is 14.4. The highest BCUT2D eigenvalue weighted by atomic mass is 19.1. The third-order valence-corrected chi connectivity index (χ3v) is 3.95. The number of amides is 1. The Bertz CT molecular complexity index is 516. The van der Waals surface area contributed by atoms with Crippen molar-refractivity contribution < 1.29 is 9.18 Å². The predicted molar refractivity (Wildman–Crippen MR) is 77.8 cm³/mol. The molecule has 1 fully saturated rings. The van der Waals surface area contributed by atoms with Crippen LogP contribution >= 0.6 is 0 Å². The second-order valence-corrected chi connectivity index (χ2v) is 5.15. The fourth-order valence-electron chi connectivity index (χ4n) is 2.40. The summed E-state index contributed by atoms with van der Waals surface area (Å²) >= 11 is 0. The molecule has 1 amide bonds. The Balaban J connectivity index is 2.18. The lowest BCUT2D eigenvalue weighted by molar-refractivity contribution is -0.129. The van der Waals surface area contributed by atoms with Crippen LogP contribution in [0.25, 0.3) is 0 Å². The molecule has 1 aliphatic rings. The Morgan fingerprint density at radius 3 is 2.40 bits per heavy atom. The number of rotatable bonds is 4. The van der Waals surface area contributed by atoms with Gasteiger partial charge in [0.05, 0.1) is 6.04 Å². The highest BCUT2D eigenvalue weighted by Gasteiger charge is 2.24. The van der Waals surface area contributed by atoms with Crippen molar-refractivity contribution in [3.63, 3.8) is 0 Å². The van der Waals surface area contributed by atoms with Crippen LogP contribution in [0.3, 0.4) is 0 Å². The second kappa shape index (κ2) is 6.18. The van der Waals surface area contributed by atoms with E-state index in [-0.39, 0.29) is 17.8 Å². The predicted octanol–water partition coefficient (Wildman–Crippen LogP) is 2.65. The van der Waals surface area contributed by atoms with Crippen molar-refractivity contribution in [3.05, 3.63) is 46.8 Å². The summed E-state index contributed by atoms with van der Waals surface area (Å²) in [5.41, 5.74) is 2.96. The van der Waals surface area contributed by atoms with E-state index in [1.165, 1.54) is 17.7 Å². The van der Waals surface area contributed by atoms with Crippen molar-refractivity contribution >= 4 is 5.91 Å². The fraction of sp³-hybridized carbons (Fsp3) is 0.438. The number of nitrogens with one attached hydrogen (secondary N) is 1. The van der Waals surface area contributed by atoms with Crippen molar-refractivity contribution in [2.75, 3.05) is 19.6 Å². The van der Waals surface area contributed by atoms with Crippen LogP contribution in [0, 0.1) is 5.82 Å². The van der Waals surface area contributed by atoms with Crippen LogP contribution in [-0.4, -0.2) is 30.4 Å². The third-order valence-electron chi connectivity index (χ3n) is 3.95. The summed E-state index contributed by atoms with van der Waals surface area (Å²) < 4.78 is 13.0. The van der Waals surface area contributed by atoms with Crippen LogP contribution in [-0.2, 0) is 4.79 Å². The zero-order valence-corrected chi connectivity index (χ0v) is 12.2. The smallest absolute Gasteiger partial charge is 0.250 e. The van der Waals surface area contributed by atoms with Crippen molar-refractivity contribution in [2.45, 2.75) is 26.8 Å². The van der Waals surface area contributed by atoms with Gasteiger partial charge in [-0.1, -0.05) is 12.1 Å². The zero-order valence-electron chi connectivity index (χ0n) is 12.2. The average Bonchev–Trinajstić information content (AvgIpc) is 2.38. The van der Waals surface area contributed by atoms with Gasteiger partial charge in [-0.05, 0) is 44.0 Å². The first kappa shape index (κ1) is 14.7. The Labute approximate surface area is 119 Å². The van der Waals surface area contributed by atoms with E-state index < -0.39 is 0 Å². The van der Waals surface area contributed by atoms with E-state index in [1.807, 2.05) is 25.7 Å². The second-order valence-electron chi connectivity index (χ2n) is 5.15. The van der Waals surface area contributed by atoms with Crippen LogP contribution in [0.15, 0.2) is 35.4 Å². The molecule has 0 aliphatic carbocycles. The summed E-state index contributed by atoms with van der Waals surface area (Å²) in [7, 11) is 0. The normalized spacial score (nSPS) is 15.5. The van der Waals surface area contributed by atoms with Gasteiger partial charge >= 0.3 is 0 Å². The molecule has 108 valence electrons. The van der Waals surface area contributed by atoms with Crippen molar-refractivity contribution in [1.82, 2.24) is 10.2 Å². The molecule has 2 rings (SSSR count). The highest BCUT2D eigenvalue weighted by molar-refractivity contribution is 5.94. The molecule has 4 heteroatoms. The molecule has 1 aliphatic heterocycles. The maximum absolute atomic E-state index is 13.0. The van der Waals surface area contributed by atoms with Crippen LogP contribution in [0.4, 0.5) is 4.39 Å². The van der Waals surface area contributed by atoms with Gasteiger partial charge in [0.25, 0.3) is 0 Å². The third kappa shape index (κ3) is 2.90. The standard InChI is InChI=1S/C16H21FN2O/c1-4-19(16(20)11(2)14-9-18-10-14)12(3)13-5-7-15(17)8-6-13/h5-8,12,18H,4,9-10H2,1-3H3. The Morgan fingerprint density at radius 2 is 1.95 bits per heavy atom. The minimum absolute atomic E-state index is 0.0586. The van der Waals surface area contributed by atoms with E-state index in [4.69, 9.17) is 0 Å². The van der Waals surface area contributed by atoms with Crippen molar-refractivity contribution in [1.29, 1.82) is 0 Å². The molecule has 1 aromatic rings. The molecule has 1 N–H and O–H groups in total. The minimum atomic E-state index is -0.255. The van der Waals surface area contributed by atoms with Crippen LogP contribution in [0.2, 0.25) is 0 Å². The van der Waals surface area contributed by atoms with Gasteiger partial charge in [0.15, 0.2) is 0 Å². The number of benzene rings is 1. The number of halogens is 1. The molecule has 1 aromatic carbocycles. The Kier molecular flexibility index (Phi) is 4.55. The number of carbonyl (C=O) groups is 1. The summed E-state index contributed by atoms with van der Waals surface area (Å²) in [6.07, 6.45) is 0. The SMILES string of the molecule is CCN(C(=O)C(C)=C1CNC1)C(C)c1ccc(F)cc1. The fourth-order valence-corrected chi connectivity index (χ4v) is 2.40. The lowest BCUT2D eigenvalue weighted by atomic mass is 10.0. The largest absolute Gasteiger partial charge is 0.332 e. The van der Waals surface area contributed by atoms with Gasteiger partial charge in [0.1, 0.15) is 5.82 Å². The molecular weight excluding hydrogens is 255 g/mol. The first-order valence-corrected chi connectivity index (χ1v) is 7.00. The molecule has 1 unspecified atom stereocenters. The Morgan fingerprint density at radius 1 is 1.35 bits per heavy atom. The molecule has 3 nitrogen and oxygen atoms in total. The molecular formula is C16H21FN2O. The first-order valence-electron chi connectivity index (χ1n) is 7.00. The molecule has 0 radical (unpaired) electrons. The van der Waals surface area contributed by atoms with Gasteiger partial charge in [-0.2, -0.15) is 0 Å². The Hall–Kier alpha value is -1.68. The molecule has 1 heterocycles. The quantitative estimate of drug-likeness (QED) is 0.857. The van der Waals surface area contributed by atoms with E-state index >= 15 is 0 Å². The van der Waals surface area contributed by atoms with Gasteiger partial charge in [-0.3, -0.25) is 4.79 Å². The zero-order chi connectivity index (χ0) is 14.7. The van der Waals surface area contributed by atoms with Gasteiger partial charge in [-0.25, -0.2) is 4.39 Å². The maximum atomic E-state index is 13.0. The van der Waals surface area contributed by atoms with E-state index in [9.17, 15) is 9.18 Å². The van der Waals surface area contributed by atoms with E-state index in [0.29, 0.717) is 6.54 Å². The van der Waals surface area contributed by atoms with Gasteiger partial charge in [0, 0.05) is 25.2 Å². The van der Waals surface area contributed by atoms with E-state index in [1.54, 1.807) is 12.1 Å². The minimum Gasteiger partial charge on any atom is -0.332 e. The number of likely N-dealkylation sites (N-methyl/N-ethyl adjacent to an activating group) is 1. The summed E-state index contributed by atoms with van der Waals surface area (Å²) in [5.74, 6) is -0.185. The monoisotopic (exact) mass is 276 g/mol. The van der Waals surface area contributed by atoms with Gasteiger partial charge in [-0.15, -0.1) is 0 Å². The number of hydrogen-bond donors (Lipinski definition) is 1. The van der Waals surface area contributed by atoms with Crippen LogP contribution in [0.5, 0.6) is 0 Å². The molecule has 0 aromatic heterocycles. The number of nitrogens with zero attached hydrogens (tertiary/aromatic N) is 1. The summed E-state index contributed by atoms with van der Waals surface area (Å²) in [6, 6.07) is 6.29. The van der Waals surface area contributed by atoms with Crippen LogP contribution < -0.4 is 5.32 Å².